The molecule has 1 rings (SSSR count). The van der Waals surface area contributed by atoms with E-state index < -0.39 is 7.22 Å². The Bertz CT molecular complexity index is 188. The van der Waals surface area contributed by atoms with Crippen molar-refractivity contribution in [1.29, 1.82) is 0 Å². The van der Waals surface area contributed by atoms with Gasteiger partial charge in [-0.15, -0.1) is 0 Å². The van der Waals surface area contributed by atoms with Crippen molar-refractivity contribution in [3.63, 3.8) is 0 Å². The van der Waals surface area contributed by atoms with Gasteiger partial charge in [0.05, 0.1) is 0 Å². The molecule has 0 aliphatic rings. The van der Waals surface area contributed by atoms with E-state index in [4.69, 9.17) is 0 Å². The third-order valence-corrected chi connectivity index (χ3v) is 7.75. The van der Waals surface area contributed by atoms with Gasteiger partial charge in [0.15, 0.2) is 0 Å². The zero-order valence-corrected chi connectivity index (χ0v) is 10.1. The minimum atomic E-state index is -0.898. The first kappa shape index (κ1) is 8.66. The Morgan fingerprint density at radius 3 is 2.50 bits per heavy atom. The van der Waals surface area contributed by atoms with Gasteiger partial charge < -0.3 is 0 Å². The van der Waals surface area contributed by atoms with Crippen molar-refractivity contribution < 1.29 is 0 Å². The predicted molar refractivity (Wildman–Crippen MR) is 52.6 cm³/mol. The van der Waals surface area contributed by atoms with Gasteiger partial charge >= 0.3 is 73.4 Å². The molecule has 56 valence electrons. The second kappa shape index (κ2) is 3.31. The summed E-state index contributed by atoms with van der Waals surface area (Å²) in [5, 5.41) is 0. The van der Waals surface area contributed by atoms with Gasteiger partial charge in [-0.3, -0.25) is 0 Å². The van der Waals surface area contributed by atoms with Crippen molar-refractivity contribution in [1.82, 2.24) is 0 Å². The summed E-state index contributed by atoms with van der Waals surface area (Å²) in [5.41, 5.74) is 0. The Morgan fingerprint density at radius 2 is 2.10 bits per heavy atom. The Morgan fingerprint density at radius 1 is 1.40 bits per heavy atom. The van der Waals surface area contributed by atoms with Crippen molar-refractivity contribution in [3.05, 3.63) is 17.1 Å². The Kier molecular flexibility index (Phi) is 2.87. The van der Waals surface area contributed by atoms with Crippen molar-refractivity contribution in [3.8, 4) is 0 Å². The average Bonchev–Trinajstić information content (AvgIpc) is 2.12. The molecular weight excluding hydrogens is 223 g/mol. The second-order valence-electron chi connectivity index (χ2n) is 3.15. The van der Waals surface area contributed by atoms with Crippen LogP contribution in [-0.4, -0.2) is 21.7 Å². The molecule has 0 saturated carbocycles. The van der Waals surface area contributed by atoms with Gasteiger partial charge in [-0.1, -0.05) is 0 Å². The standard InChI is InChI=1S/C7H12SSeSi/c1-10(2,3)8-7-5-4-6-9-7/h4-6H,1-3H3. The first-order valence-corrected chi connectivity index (χ1v) is 10.2. The van der Waals surface area contributed by atoms with Gasteiger partial charge in [0.1, 0.15) is 0 Å². The van der Waals surface area contributed by atoms with Gasteiger partial charge in [-0.25, -0.2) is 0 Å². The molecule has 0 nitrogen and oxygen atoms in total. The second-order valence-corrected chi connectivity index (χ2v) is 14.9. The van der Waals surface area contributed by atoms with Gasteiger partial charge in [-0.05, 0) is 0 Å². The molecule has 0 fully saturated rings. The van der Waals surface area contributed by atoms with Gasteiger partial charge in [-0.2, -0.15) is 0 Å². The molecule has 0 bridgehead atoms. The molecular formula is C7H12SSeSi. The Balaban J connectivity index is 2.57. The third kappa shape index (κ3) is 3.11. The van der Waals surface area contributed by atoms with Crippen molar-refractivity contribution in [2.24, 2.45) is 0 Å². The van der Waals surface area contributed by atoms with E-state index in [1.807, 2.05) is 0 Å². The summed E-state index contributed by atoms with van der Waals surface area (Å²) < 4.78 is 1.62. The van der Waals surface area contributed by atoms with Gasteiger partial charge in [0.25, 0.3) is 0 Å². The normalized spacial score (nSPS) is 11.9. The monoisotopic (exact) mass is 236 g/mol. The fourth-order valence-corrected chi connectivity index (χ4v) is 10.4. The number of hydrogen-bond acceptors (Lipinski definition) is 1. The van der Waals surface area contributed by atoms with E-state index in [1.54, 1.807) is 3.77 Å². The zero-order valence-electron chi connectivity index (χ0n) is 6.55. The molecule has 1 heterocycles. The van der Waals surface area contributed by atoms with E-state index in [0.717, 1.165) is 0 Å². The number of hydrogen-bond donors (Lipinski definition) is 0. The molecule has 0 N–H and O–H groups in total. The van der Waals surface area contributed by atoms with Crippen LogP contribution < -0.4 is 0 Å². The van der Waals surface area contributed by atoms with E-state index in [1.165, 1.54) is 0 Å². The van der Waals surface area contributed by atoms with E-state index in [0.29, 0.717) is 14.5 Å². The van der Waals surface area contributed by atoms with E-state index in [-0.39, 0.29) is 0 Å². The van der Waals surface area contributed by atoms with Crippen LogP contribution in [0.15, 0.2) is 20.8 Å². The van der Waals surface area contributed by atoms with Gasteiger partial charge in [0, 0.05) is 0 Å². The number of rotatable bonds is 2. The van der Waals surface area contributed by atoms with Crippen LogP contribution in [0.3, 0.4) is 0 Å². The Hall–Kier alpha value is 0.566. The first-order valence-electron chi connectivity index (χ1n) is 3.30. The summed E-state index contributed by atoms with van der Waals surface area (Å²) in [6.45, 7) is 7.19. The molecule has 0 aromatic carbocycles. The maximum absolute atomic E-state index is 2.40. The van der Waals surface area contributed by atoms with Crippen LogP contribution in [0.2, 0.25) is 19.6 Å². The molecule has 0 saturated heterocycles. The maximum atomic E-state index is 2.40. The van der Waals surface area contributed by atoms with Crippen LogP contribution in [0.25, 0.3) is 0 Å². The summed E-state index contributed by atoms with van der Waals surface area (Å²) >= 11 is 2.80. The van der Waals surface area contributed by atoms with Crippen LogP contribution in [-0.2, 0) is 0 Å². The zero-order chi connectivity index (χ0) is 7.61. The molecule has 0 aliphatic carbocycles. The summed E-state index contributed by atoms with van der Waals surface area (Å²) in [4.78, 5) is 2.29. The first-order chi connectivity index (χ1) is 4.58. The summed E-state index contributed by atoms with van der Waals surface area (Å²) in [6.07, 6.45) is 0. The van der Waals surface area contributed by atoms with E-state index in [9.17, 15) is 0 Å². The summed E-state index contributed by atoms with van der Waals surface area (Å²) in [5.74, 6) is 0. The van der Waals surface area contributed by atoms with Crippen molar-refractivity contribution >= 4 is 32.9 Å². The topological polar surface area (TPSA) is 0 Å². The molecule has 0 amide bonds. The van der Waals surface area contributed by atoms with Crippen LogP contribution >= 0.6 is 11.2 Å². The third-order valence-electron chi connectivity index (χ3n) is 0.902. The quantitative estimate of drug-likeness (QED) is 0.710. The van der Waals surface area contributed by atoms with Crippen molar-refractivity contribution in [2.45, 2.75) is 23.4 Å². The molecule has 3 heteroatoms. The van der Waals surface area contributed by atoms with Crippen LogP contribution in [0, 0.1) is 0 Å². The molecule has 0 aliphatic heterocycles. The fourth-order valence-electron chi connectivity index (χ4n) is 0.623. The molecule has 10 heavy (non-hydrogen) atoms. The van der Waals surface area contributed by atoms with Crippen LogP contribution in [0.5, 0.6) is 0 Å². The fraction of sp³-hybridized carbons (Fsp3) is 0.429. The molecule has 0 radical (unpaired) electrons. The average molecular weight is 235 g/mol. The Labute approximate surface area is 73.4 Å². The summed E-state index contributed by atoms with van der Waals surface area (Å²) in [7, 11) is -0.898. The van der Waals surface area contributed by atoms with Crippen LogP contribution in [0.1, 0.15) is 0 Å². The molecule has 1 aromatic heterocycles. The molecule has 0 unspecified atom stereocenters. The van der Waals surface area contributed by atoms with E-state index in [2.05, 4.69) is 47.9 Å². The summed E-state index contributed by atoms with van der Waals surface area (Å²) in [6, 6.07) is 4.45. The van der Waals surface area contributed by atoms with Gasteiger partial charge in [0.2, 0.25) is 0 Å². The van der Waals surface area contributed by atoms with Crippen molar-refractivity contribution in [2.75, 3.05) is 0 Å². The minimum absolute atomic E-state index is 0.672. The predicted octanol–water partition coefficient (Wildman–Crippen LogP) is 2.67. The molecule has 0 spiro atoms. The molecule has 0 atom stereocenters. The van der Waals surface area contributed by atoms with E-state index >= 15 is 0 Å². The molecule has 1 aromatic rings. The van der Waals surface area contributed by atoms with Crippen LogP contribution in [0.4, 0.5) is 0 Å². The SMILES string of the molecule is C[Si](C)(C)Sc1ccc[se]1.